The maximum atomic E-state index is 14.2. The Morgan fingerprint density at radius 3 is 2.49 bits per heavy atom. The van der Waals surface area contributed by atoms with E-state index in [0.717, 1.165) is 42.5 Å². The number of nitrogen functional groups attached to an aromatic ring is 1. The van der Waals surface area contributed by atoms with Crippen molar-refractivity contribution in [2.45, 2.75) is 79.9 Å². The summed E-state index contributed by atoms with van der Waals surface area (Å²) < 4.78 is 30.9. The van der Waals surface area contributed by atoms with Gasteiger partial charge in [-0.2, -0.15) is 0 Å². The van der Waals surface area contributed by atoms with E-state index in [1.807, 2.05) is 12.2 Å². The molecule has 22 heteroatoms. The van der Waals surface area contributed by atoms with E-state index in [-0.39, 0.29) is 53.5 Å². The largest absolute Gasteiger partial charge is 0.508 e. The second-order valence-electron chi connectivity index (χ2n) is 21.0. The average Bonchev–Trinajstić information content (AvgIpc) is 4.24. The summed E-state index contributed by atoms with van der Waals surface area (Å²) in [7, 11) is 0. The molecule has 404 valence electrons. The number of anilines is 1. The molecule has 1 spiro atoms. The molecular formula is C55H58N6O16. The summed E-state index contributed by atoms with van der Waals surface area (Å²) in [5, 5.41) is 115. The molecule has 7 aliphatic rings. The van der Waals surface area contributed by atoms with Crippen molar-refractivity contribution in [3.63, 3.8) is 0 Å². The molecule has 3 fully saturated rings. The summed E-state index contributed by atoms with van der Waals surface area (Å²) in [4.78, 5) is 30.8. The summed E-state index contributed by atoms with van der Waals surface area (Å²) in [6.45, 7) is 0.378. The molecule has 13 unspecified atom stereocenters. The fraction of sp³-hybridized carbons (Fsp3) is 0.382. The second-order valence-corrected chi connectivity index (χ2v) is 21.0. The zero-order valence-electron chi connectivity index (χ0n) is 41.1. The molecule has 4 aliphatic carbocycles. The number of hydrogen-bond acceptors (Lipinski definition) is 20. The van der Waals surface area contributed by atoms with Crippen LogP contribution >= 0.6 is 0 Å². The maximum Gasteiger partial charge on any atom is 0.336 e. The Hall–Kier alpha value is -7.38. The van der Waals surface area contributed by atoms with Crippen molar-refractivity contribution in [2.75, 3.05) is 32.1 Å². The lowest BCUT2D eigenvalue weighted by Crippen LogP contribution is -2.84. The van der Waals surface area contributed by atoms with Gasteiger partial charge in [-0.05, 0) is 115 Å². The van der Waals surface area contributed by atoms with Crippen LogP contribution in [0.3, 0.4) is 0 Å². The highest BCUT2D eigenvalue weighted by atomic mass is 16.7. The van der Waals surface area contributed by atoms with Crippen LogP contribution in [-0.2, 0) is 9.53 Å². The minimum atomic E-state index is -2.82. The first kappa shape index (κ1) is 50.4. The number of H-pyrrole nitrogens is 1. The van der Waals surface area contributed by atoms with Gasteiger partial charge in [0.2, 0.25) is 18.3 Å². The molecule has 22 nitrogen and oxygen atoms in total. The van der Waals surface area contributed by atoms with Crippen LogP contribution in [-0.4, -0.2) is 125 Å². The Labute approximate surface area is 438 Å². The van der Waals surface area contributed by atoms with Crippen LogP contribution in [0.1, 0.15) is 49.3 Å². The van der Waals surface area contributed by atoms with Crippen molar-refractivity contribution in [2.24, 2.45) is 28.4 Å². The number of carboxylic acids is 1. The van der Waals surface area contributed by atoms with E-state index in [9.17, 15) is 55.5 Å². The standard InChI is InChI=1S/C55H58N6O16/c56-41-13-12-33(61-41)44(65)38(23-62)73-31-10-5-25(6-11-31)35-18-34(64)43-36(74-35)19-37(46(45(43)66)76-49(69)26-2-1-3-30(63)16-26)75-51-53(71)20-39-52(40-22-58-24-60-40,55(72,50(53)70)47(77-51)48(67)68)15-14-29-9-8-28-7-4-27-21-59-42(57)17-32(27)54(28,29)39/h1-3,5-6,10-20,28-29,38,40,44,47,49-51,58-63,65-66,69-72H,4,7-9,21-24,56-57H2,(H,67,68). The Morgan fingerprint density at radius 1 is 0.974 bits per heavy atom. The Morgan fingerprint density at radius 2 is 1.78 bits per heavy atom. The highest BCUT2D eigenvalue weighted by Gasteiger charge is 2.80. The molecule has 5 aromatic rings. The molecule has 2 aromatic heterocycles. The van der Waals surface area contributed by atoms with E-state index in [1.54, 1.807) is 18.2 Å². The minimum Gasteiger partial charge on any atom is -0.508 e. The number of fused-ring (bicyclic) bond motifs is 5. The topological polar surface area (TPSA) is 370 Å². The summed E-state index contributed by atoms with van der Waals surface area (Å²) in [5.41, 5.74) is 5.83. The molecule has 17 N–H and O–H groups in total. The van der Waals surface area contributed by atoms with Crippen molar-refractivity contribution < 1.29 is 74.1 Å². The molecule has 2 bridgehead atoms. The number of aromatic nitrogens is 1. The van der Waals surface area contributed by atoms with Gasteiger partial charge in [-0.15, -0.1) is 0 Å². The summed E-state index contributed by atoms with van der Waals surface area (Å²) in [6, 6.07) is 15.9. The summed E-state index contributed by atoms with van der Waals surface area (Å²) in [6.07, 6.45) is -1.28. The number of dihydropyridines is 1. The second kappa shape index (κ2) is 18.4. The van der Waals surface area contributed by atoms with Crippen molar-refractivity contribution in [3.8, 4) is 40.1 Å². The molecule has 0 amide bonds. The number of aliphatic hydroxyl groups excluding tert-OH is 4. The molecular weight excluding hydrogens is 1000 g/mol. The molecule has 77 heavy (non-hydrogen) atoms. The third kappa shape index (κ3) is 7.49. The number of carbonyl (C=O) groups is 1. The third-order valence-electron chi connectivity index (χ3n) is 17.0. The predicted molar refractivity (Wildman–Crippen MR) is 272 cm³/mol. The lowest BCUT2D eigenvalue weighted by Gasteiger charge is -2.68. The van der Waals surface area contributed by atoms with Crippen molar-refractivity contribution in [3.05, 3.63) is 141 Å². The Bertz CT molecular complexity index is 3390. The van der Waals surface area contributed by atoms with Crippen LogP contribution in [0.15, 0.2) is 129 Å². The molecule has 0 radical (unpaired) electrons. The molecule has 3 aromatic carbocycles. The van der Waals surface area contributed by atoms with E-state index in [4.69, 9.17) is 34.8 Å². The number of aromatic hydroxyl groups is 2. The van der Waals surface area contributed by atoms with E-state index in [2.05, 4.69) is 20.9 Å². The van der Waals surface area contributed by atoms with Gasteiger partial charge in [-0.1, -0.05) is 24.3 Å². The lowest BCUT2D eigenvalue weighted by atomic mass is 9.40. The molecule has 13 atom stereocenters. The van der Waals surface area contributed by atoms with Gasteiger partial charge in [0.1, 0.15) is 51.9 Å². The van der Waals surface area contributed by atoms with E-state index in [0.29, 0.717) is 41.4 Å². The molecule has 5 heterocycles. The van der Waals surface area contributed by atoms with Gasteiger partial charge in [0, 0.05) is 60.2 Å². The zero-order chi connectivity index (χ0) is 53.9. The SMILES string of the molecule is NC1=CC2=C(CCC3CCC4C=CC5(C6CNCN6)C(=CC6(O)C(Oc7cc8oc(-c9ccc(OC(CO)C(O)c%10ccc(N)[nH]%10)cc9)cc(=O)c8c(O)c7OC(O)c7cccc(O)c7)OC(C(=O)O)C5(O)C6O)C243)CN1. The number of nitrogens with two attached hydrogens (primary N) is 2. The Balaban J connectivity index is 0.998. The summed E-state index contributed by atoms with van der Waals surface area (Å²) >= 11 is 0. The number of hydrogen-bond donors (Lipinski definition) is 15. The van der Waals surface area contributed by atoms with Crippen LogP contribution in [0, 0.1) is 22.7 Å². The van der Waals surface area contributed by atoms with Gasteiger partial charge in [0.05, 0.1) is 17.8 Å². The van der Waals surface area contributed by atoms with Gasteiger partial charge < -0.3 is 96.4 Å². The molecule has 3 aliphatic heterocycles. The van der Waals surface area contributed by atoms with Crippen LogP contribution in [0.4, 0.5) is 5.82 Å². The highest BCUT2D eigenvalue weighted by Crippen LogP contribution is 2.73. The first-order valence-electron chi connectivity index (χ1n) is 25.4. The maximum absolute atomic E-state index is 14.2. The first-order valence-corrected chi connectivity index (χ1v) is 25.4. The number of rotatable bonds is 13. The monoisotopic (exact) mass is 1060 g/mol. The minimum absolute atomic E-state index is 0.0135. The van der Waals surface area contributed by atoms with Gasteiger partial charge >= 0.3 is 5.97 Å². The molecule has 1 saturated carbocycles. The summed E-state index contributed by atoms with van der Waals surface area (Å²) in [5.74, 6) is -3.61. The van der Waals surface area contributed by atoms with E-state index in [1.165, 1.54) is 54.6 Å². The lowest BCUT2D eigenvalue weighted by molar-refractivity contribution is -0.355. The van der Waals surface area contributed by atoms with Crippen molar-refractivity contribution in [1.29, 1.82) is 0 Å². The van der Waals surface area contributed by atoms with Gasteiger partial charge in [0.15, 0.2) is 34.7 Å². The number of allylic oxidation sites excluding steroid dienone is 3. The number of aromatic amines is 1. The fourth-order valence-corrected chi connectivity index (χ4v) is 13.6. The average molecular weight is 1060 g/mol. The van der Waals surface area contributed by atoms with Crippen LogP contribution in [0.2, 0.25) is 0 Å². The van der Waals surface area contributed by atoms with Gasteiger partial charge in [-0.25, -0.2) is 4.79 Å². The van der Waals surface area contributed by atoms with Gasteiger partial charge in [0.25, 0.3) is 0 Å². The predicted octanol–water partition coefficient (Wildman–Crippen LogP) is 1.86. The Kier molecular flexibility index (Phi) is 12.0. The van der Waals surface area contributed by atoms with E-state index >= 15 is 0 Å². The molecule has 2 saturated heterocycles. The van der Waals surface area contributed by atoms with E-state index < -0.39 is 106 Å². The number of carboxylic acid groups (broad SMARTS) is 1. The number of phenols is 2. The van der Waals surface area contributed by atoms with Crippen molar-refractivity contribution in [1.82, 2.24) is 20.9 Å². The smallest absolute Gasteiger partial charge is 0.336 e. The number of nitrogens with one attached hydrogen (secondary N) is 4. The van der Waals surface area contributed by atoms with Crippen LogP contribution < -0.4 is 47.1 Å². The number of aliphatic carboxylic acids is 1. The highest BCUT2D eigenvalue weighted by molar-refractivity contribution is 5.90. The molecule has 12 rings (SSSR count). The number of benzene rings is 3. The van der Waals surface area contributed by atoms with Gasteiger partial charge in [-0.3, -0.25) is 10.1 Å². The fourth-order valence-electron chi connectivity index (χ4n) is 13.6. The normalized spacial score (nSPS) is 32.1. The number of aliphatic hydroxyl groups is 6. The quantitative estimate of drug-likeness (QED) is 0.0591. The third-order valence-corrected chi connectivity index (χ3v) is 17.0. The van der Waals surface area contributed by atoms with Crippen molar-refractivity contribution >= 4 is 22.8 Å². The first-order chi connectivity index (χ1) is 36.9. The zero-order valence-corrected chi connectivity index (χ0v) is 41.1. The van der Waals surface area contributed by atoms with Crippen LogP contribution in [0.5, 0.6) is 28.7 Å². The van der Waals surface area contributed by atoms with Crippen LogP contribution in [0.25, 0.3) is 22.3 Å². The number of ether oxygens (including phenoxy) is 4. The number of phenolic OH excluding ortho intramolecular Hbond substituents is 2.